The van der Waals surface area contributed by atoms with Crippen molar-refractivity contribution in [2.75, 3.05) is 0 Å². The van der Waals surface area contributed by atoms with Gasteiger partial charge in [-0.15, -0.1) is 0 Å². The minimum absolute atomic E-state index is 1.37. The van der Waals surface area contributed by atoms with Crippen LogP contribution in [0.2, 0.25) is 0 Å². The lowest BCUT2D eigenvalue weighted by atomic mass is 10.0. The fourth-order valence-corrected chi connectivity index (χ4v) is 3.21. The molecule has 0 nitrogen and oxygen atoms in total. The summed E-state index contributed by atoms with van der Waals surface area (Å²) in [5.41, 5.74) is 0. The molecular weight excluding hydrogens is 240 g/mol. The highest BCUT2D eigenvalue weighted by molar-refractivity contribution is 4.66. The van der Waals surface area contributed by atoms with Crippen LogP contribution in [0.4, 0.5) is 0 Å². The van der Waals surface area contributed by atoms with Crippen molar-refractivity contribution in [2.24, 2.45) is 0 Å². The summed E-state index contributed by atoms with van der Waals surface area (Å²) in [4.78, 5) is 0. The summed E-state index contributed by atoms with van der Waals surface area (Å²) in [6.07, 6.45) is 31.0. The quantitative estimate of drug-likeness (QED) is 0.432. The Balaban J connectivity index is 2.00. The van der Waals surface area contributed by atoms with Gasteiger partial charge in [0.1, 0.15) is 0 Å². The van der Waals surface area contributed by atoms with Crippen molar-refractivity contribution in [3.8, 4) is 0 Å². The third-order valence-electron chi connectivity index (χ3n) is 4.63. The summed E-state index contributed by atoms with van der Waals surface area (Å²) in [5.74, 6) is 0. The van der Waals surface area contributed by atoms with Crippen LogP contribution in [0.3, 0.4) is 0 Å². The third-order valence-corrected chi connectivity index (χ3v) is 4.63. The molecule has 1 fully saturated rings. The Morgan fingerprint density at radius 2 is 0.450 bits per heavy atom. The molecule has 20 heavy (non-hydrogen) atoms. The van der Waals surface area contributed by atoms with Crippen molar-refractivity contribution < 1.29 is 0 Å². The smallest absolute Gasteiger partial charge is 0.0386 e. The van der Waals surface area contributed by atoms with Crippen molar-refractivity contribution in [3.63, 3.8) is 0 Å². The van der Waals surface area contributed by atoms with Crippen LogP contribution in [0, 0.1) is 12.8 Å². The molecule has 0 aromatic carbocycles. The summed E-state index contributed by atoms with van der Waals surface area (Å²) >= 11 is 0. The third kappa shape index (κ3) is 13.0. The Kier molecular flexibility index (Phi) is 13.9. The second-order valence-electron chi connectivity index (χ2n) is 6.68. The summed E-state index contributed by atoms with van der Waals surface area (Å²) in [6, 6.07) is 0. The van der Waals surface area contributed by atoms with Crippen molar-refractivity contribution in [2.45, 2.75) is 116 Å². The first-order valence-electron chi connectivity index (χ1n) is 9.63. The van der Waals surface area contributed by atoms with Crippen molar-refractivity contribution in [1.82, 2.24) is 0 Å². The van der Waals surface area contributed by atoms with Crippen LogP contribution in [0.1, 0.15) is 116 Å². The van der Waals surface area contributed by atoms with Crippen molar-refractivity contribution >= 4 is 0 Å². The maximum Gasteiger partial charge on any atom is -0.0386 e. The van der Waals surface area contributed by atoms with Gasteiger partial charge in [-0.25, -0.2) is 0 Å². The molecule has 0 amide bonds. The molecular formula is C20H38. The van der Waals surface area contributed by atoms with E-state index in [9.17, 15) is 0 Å². The van der Waals surface area contributed by atoms with E-state index in [1.165, 1.54) is 116 Å². The van der Waals surface area contributed by atoms with Crippen molar-refractivity contribution in [1.29, 1.82) is 0 Å². The highest BCUT2D eigenvalue weighted by Gasteiger charge is 1.97. The van der Waals surface area contributed by atoms with Gasteiger partial charge in [0.25, 0.3) is 0 Å². The van der Waals surface area contributed by atoms with E-state index in [2.05, 4.69) is 12.8 Å². The van der Waals surface area contributed by atoms with E-state index in [1.54, 1.807) is 0 Å². The Morgan fingerprint density at radius 3 is 0.700 bits per heavy atom. The largest absolute Gasteiger partial charge is 0.0533 e. The van der Waals surface area contributed by atoms with E-state index in [-0.39, 0.29) is 0 Å². The maximum atomic E-state index is 2.55. The van der Waals surface area contributed by atoms with Gasteiger partial charge >= 0.3 is 0 Å². The van der Waals surface area contributed by atoms with Gasteiger partial charge in [-0.1, -0.05) is 116 Å². The van der Waals surface area contributed by atoms with Crippen LogP contribution < -0.4 is 0 Å². The van der Waals surface area contributed by atoms with E-state index in [1.807, 2.05) is 0 Å². The molecule has 0 aromatic rings. The monoisotopic (exact) mass is 278 g/mol. The van der Waals surface area contributed by atoms with Crippen LogP contribution in [0.15, 0.2) is 0 Å². The Morgan fingerprint density at radius 1 is 0.250 bits per heavy atom. The topological polar surface area (TPSA) is 0 Å². The second kappa shape index (κ2) is 15.4. The van der Waals surface area contributed by atoms with Gasteiger partial charge in [0.05, 0.1) is 0 Å². The maximum absolute atomic E-state index is 2.55. The van der Waals surface area contributed by atoms with E-state index >= 15 is 0 Å². The highest BCUT2D eigenvalue weighted by Crippen LogP contribution is 2.16. The average Bonchev–Trinajstić information content (AvgIpc) is 2.46. The standard InChI is InChI=1S/C20H38/c1-2-4-6-8-10-12-14-16-18-20-19-17-15-13-11-9-7-5-3-1/h1,18H,2-17,19-20H2. The molecule has 0 unspecified atom stereocenters. The summed E-state index contributed by atoms with van der Waals surface area (Å²) in [6.45, 7) is 0. The zero-order valence-corrected chi connectivity index (χ0v) is 13.9. The fraction of sp³-hybridized carbons (Fsp3) is 0.900. The first-order chi connectivity index (χ1) is 10.0. The predicted octanol–water partition coefficient (Wildman–Crippen LogP) is 7.43. The van der Waals surface area contributed by atoms with Gasteiger partial charge in [0.2, 0.25) is 0 Å². The van der Waals surface area contributed by atoms with E-state index < -0.39 is 0 Å². The van der Waals surface area contributed by atoms with Crippen LogP contribution in [0.25, 0.3) is 0 Å². The van der Waals surface area contributed by atoms with Gasteiger partial charge in [-0.3, -0.25) is 0 Å². The van der Waals surface area contributed by atoms with Crippen LogP contribution >= 0.6 is 0 Å². The molecule has 1 aliphatic rings. The molecule has 0 heterocycles. The molecule has 0 aromatic heterocycles. The zero-order chi connectivity index (χ0) is 14.1. The Labute approximate surface area is 129 Å². The van der Waals surface area contributed by atoms with Gasteiger partial charge in [0.15, 0.2) is 0 Å². The second-order valence-corrected chi connectivity index (χ2v) is 6.68. The van der Waals surface area contributed by atoms with Gasteiger partial charge in [-0.05, 0) is 12.8 Å². The molecule has 1 rings (SSSR count). The van der Waals surface area contributed by atoms with Crippen LogP contribution in [-0.4, -0.2) is 0 Å². The normalized spacial score (nSPS) is 24.0. The van der Waals surface area contributed by atoms with E-state index in [0.717, 1.165) is 0 Å². The predicted molar refractivity (Wildman–Crippen MR) is 91.7 cm³/mol. The summed E-state index contributed by atoms with van der Waals surface area (Å²) in [7, 11) is 0. The van der Waals surface area contributed by atoms with Gasteiger partial charge in [0, 0.05) is 0 Å². The van der Waals surface area contributed by atoms with Crippen LogP contribution in [0.5, 0.6) is 0 Å². The SMILES string of the molecule is [CH]1CCCCCCCC[CH]CCCCCCCCCC1. The number of hydrogen-bond acceptors (Lipinski definition) is 0. The number of rotatable bonds is 0. The van der Waals surface area contributed by atoms with E-state index in [4.69, 9.17) is 0 Å². The first kappa shape index (κ1) is 18.1. The minimum Gasteiger partial charge on any atom is -0.0533 e. The molecule has 1 saturated carbocycles. The highest BCUT2D eigenvalue weighted by atomic mass is 14.0. The molecule has 0 bridgehead atoms. The van der Waals surface area contributed by atoms with Crippen LogP contribution in [-0.2, 0) is 0 Å². The molecule has 0 atom stereocenters. The van der Waals surface area contributed by atoms with E-state index in [0.29, 0.717) is 0 Å². The zero-order valence-electron chi connectivity index (χ0n) is 13.9. The average molecular weight is 279 g/mol. The molecule has 1 aliphatic carbocycles. The molecule has 0 N–H and O–H groups in total. The fourth-order valence-electron chi connectivity index (χ4n) is 3.21. The lowest BCUT2D eigenvalue weighted by molar-refractivity contribution is 0.547. The lowest BCUT2D eigenvalue weighted by Gasteiger charge is -2.05. The molecule has 2 radical (unpaired) electrons. The first-order valence-corrected chi connectivity index (χ1v) is 9.63. The summed E-state index contributed by atoms with van der Waals surface area (Å²) in [5, 5.41) is 0. The summed E-state index contributed by atoms with van der Waals surface area (Å²) < 4.78 is 0. The number of hydrogen-bond donors (Lipinski definition) is 0. The molecule has 0 aliphatic heterocycles. The molecule has 118 valence electrons. The molecule has 0 spiro atoms. The van der Waals surface area contributed by atoms with Gasteiger partial charge < -0.3 is 0 Å². The molecule has 0 saturated heterocycles. The lowest BCUT2D eigenvalue weighted by Crippen LogP contribution is -1.86. The molecule has 0 heteroatoms. The van der Waals surface area contributed by atoms with Gasteiger partial charge in [-0.2, -0.15) is 0 Å². The Bertz CT molecular complexity index is 86.4. The minimum atomic E-state index is 1.37. The van der Waals surface area contributed by atoms with Crippen molar-refractivity contribution in [3.05, 3.63) is 12.8 Å². The Hall–Kier alpha value is 0.